The van der Waals surface area contributed by atoms with Gasteiger partial charge in [0.15, 0.2) is 12.1 Å². The van der Waals surface area contributed by atoms with Gasteiger partial charge in [0.25, 0.3) is 0 Å². The van der Waals surface area contributed by atoms with Crippen LogP contribution in [0, 0.1) is 0 Å². The highest BCUT2D eigenvalue weighted by Gasteiger charge is 2.33. The molecule has 0 N–H and O–H groups in total. The fraction of sp³-hybridized carbons (Fsp3) is 0.462. The fourth-order valence-corrected chi connectivity index (χ4v) is 2.09. The Morgan fingerprint density at radius 1 is 1.29 bits per heavy atom. The van der Waals surface area contributed by atoms with Crippen LogP contribution in [0.5, 0.6) is 6.01 Å². The van der Waals surface area contributed by atoms with Crippen molar-refractivity contribution in [1.29, 1.82) is 0 Å². The van der Waals surface area contributed by atoms with Gasteiger partial charge in [-0.05, 0) is 18.9 Å². The molecule has 1 saturated carbocycles. The molecule has 112 valence electrons. The minimum Gasteiger partial charge on any atom is -0.457 e. The molecule has 0 saturated heterocycles. The third-order valence-electron chi connectivity index (χ3n) is 3.41. The number of oxazole rings is 1. The van der Waals surface area contributed by atoms with Gasteiger partial charge in [0.2, 0.25) is 0 Å². The first-order valence-electron chi connectivity index (χ1n) is 6.49. The zero-order valence-electron chi connectivity index (χ0n) is 10.9. The summed E-state index contributed by atoms with van der Waals surface area (Å²) in [5.74, 6) is 1.07. The van der Waals surface area contributed by atoms with Crippen molar-refractivity contribution >= 4 is 0 Å². The number of aromatic nitrogens is 3. The molecule has 8 heteroatoms. The van der Waals surface area contributed by atoms with Crippen LogP contribution in [0.15, 0.2) is 23.1 Å². The number of nitrogens with zero attached hydrogens (tertiary/aromatic N) is 3. The summed E-state index contributed by atoms with van der Waals surface area (Å²) in [6, 6.07) is 0.468. The average molecular weight is 299 g/mol. The lowest BCUT2D eigenvalue weighted by Gasteiger charge is -2.23. The summed E-state index contributed by atoms with van der Waals surface area (Å²) in [6.07, 6.45) is 1.01. The summed E-state index contributed by atoms with van der Waals surface area (Å²) in [5.41, 5.74) is -0.451. The van der Waals surface area contributed by atoms with Gasteiger partial charge in [0.1, 0.15) is 18.1 Å². The maximum Gasteiger partial charge on any atom is 0.433 e. The predicted octanol–water partition coefficient (Wildman–Crippen LogP) is 3.33. The van der Waals surface area contributed by atoms with Crippen molar-refractivity contribution in [1.82, 2.24) is 15.0 Å². The van der Waals surface area contributed by atoms with E-state index in [9.17, 15) is 13.2 Å². The standard InChI is InChI=1S/C13H12F3N3O2/c14-13(15,16)10-4-5-17-12(19-10)20-6-9-11(21-7-18-9)8-2-1-3-8/h4-5,7-8H,1-3,6H2. The maximum atomic E-state index is 12.5. The van der Waals surface area contributed by atoms with E-state index in [1.54, 1.807) is 0 Å². The number of hydrogen-bond donors (Lipinski definition) is 0. The van der Waals surface area contributed by atoms with Gasteiger partial charge in [-0.25, -0.2) is 9.97 Å². The second-order valence-corrected chi connectivity index (χ2v) is 4.80. The van der Waals surface area contributed by atoms with Crippen LogP contribution in [0.1, 0.15) is 42.3 Å². The molecule has 1 aliphatic rings. The Kier molecular flexibility index (Phi) is 3.52. The summed E-state index contributed by atoms with van der Waals surface area (Å²) < 4.78 is 48.1. The van der Waals surface area contributed by atoms with Crippen LogP contribution in [0.4, 0.5) is 13.2 Å². The minimum atomic E-state index is -4.52. The highest BCUT2D eigenvalue weighted by molar-refractivity contribution is 5.15. The highest BCUT2D eigenvalue weighted by atomic mass is 19.4. The first-order chi connectivity index (χ1) is 10.0. The molecule has 21 heavy (non-hydrogen) atoms. The van der Waals surface area contributed by atoms with Crippen molar-refractivity contribution in [3.63, 3.8) is 0 Å². The lowest BCUT2D eigenvalue weighted by Crippen LogP contribution is -2.12. The molecule has 0 amide bonds. The molecular formula is C13H12F3N3O2. The monoisotopic (exact) mass is 299 g/mol. The van der Waals surface area contributed by atoms with Crippen molar-refractivity contribution in [3.8, 4) is 6.01 Å². The van der Waals surface area contributed by atoms with E-state index in [2.05, 4.69) is 15.0 Å². The number of ether oxygens (including phenoxy) is 1. The SMILES string of the molecule is FC(F)(F)c1ccnc(OCc2ncoc2C2CCC2)n1. The maximum absolute atomic E-state index is 12.5. The summed E-state index contributed by atoms with van der Waals surface area (Å²) in [4.78, 5) is 11.0. The number of hydrogen-bond acceptors (Lipinski definition) is 5. The molecule has 0 spiro atoms. The molecule has 0 radical (unpaired) electrons. The van der Waals surface area contributed by atoms with Gasteiger partial charge in [-0.15, -0.1) is 0 Å². The molecule has 3 rings (SSSR count). The second-order valence-electron chi connectivity index (χ2n) is 4.80. The van der Waals surface area contributed by atoms with Crippen LogP contribution in [0.3, 0.4) is 0 Å². The Morgan fingerprint density at radius 3 is 2.76 bits per heavy atom. The molecule has 0 atom stereocenters. The van der Waals surface area contributed by atoms with Gasteiger partial charge in [0, 0.05) is 12.1 Å². The van der Waals surface area contributed by atoms with Crippen LogP contribution in [-0.2, 0) is 12.8 Å². The number of rotatable bonds is 4. The average Bonchev–Trinajstić information content (AvgIpc) is 2.82. The first-order valence-corrected chi connectivity index (χ1v) is 6.49. The van der Waals surface area contributed by atoms with Crippen LogP contribution in [0.25, 0.3) is 0 Å². The molecule has 5 nitrogen and oxygen atoms in total. The van der Waals surface area contributed by atoms with Crippen molar-refractivity contribution in [3.05, 3.63) is 35.8 Å². The molecule has 0 aromatic carbocycles. The Labute approximate surface area is 118 Å². The predicted molar refractivity (Wildman–Crippen MR) is 64.5 cm³/mol. The van der Waals surface area contributed by atoms with Gasteiger partial charge in [-0.1, -0.05) is 6.42 Å². The van der Waals surface area contributed by atoms with E-state index >= 15 is 0 Å². The normalized spacial score (nSPS) is 15.8. The molecule has 2 aromatic heterocycles. The number of alkyl halides is 3. The Balaban J connectivity index is 1.69. The summed E-state index contributed by atoms with van der Waals surface area (Å²) in [7, 11) is 0. The van der Waals surface area contributed by atoms with E-state index in [0.29, 0.717) is 11.6 Å². The van der Waals surface area contributed by atoms with Crippen LogP contribution >= 0.6 is 0 Å². The van der Waals surface area contributed by atoms with Gasteiger partial charge in [0.05, 0.1) is 0 Å². The fourth-order valence-electron chi connectivity index (χ4n) is 2.09. The van der Waals surface area contributed by atoms with Crippen LogP contribution < -0.4 is 4.74 Å². The van der Waals surface area contributed by atoms with Gasteiger partial charge < -0.3 is 9.15 Å². The third-order valence-corrected chi connectivity index (χ3v) is 3.41. The lowest BCUT2D eigenvalue weighted by atomic mass is 9.83. The molecule has 1 fully saturated rings. The minimum absolute atomic E-state index is 0.0103. The molecule has 2 heterocycles. The lowest BCUT2D eigenvalue weighted by molar-refractivity contribution is -0.141. The second kappa shape index (κ2) is 5.34. The van der Waals surface area contributed by atoms with E-state index in [1.165, 1.54) is 6.39 Å². The van der Waals surface area contributed by atoms with E-state index in [0.717, 1.165) is 37.3 Å². The van der Waals surface area contributed by atoms with E-state index in [1.807, 2.05) is 0 Å². The van der Waals surface area contributed by atoms with Crippen LogP contribution in [0.2, 0.25) is 0 Å². The summed E-state index contributed by atoms with van der Waals surface area (Å²) in [6.45, 7) is -0.0103. The first kappa shape index (κ1) is 13.8. The number of halogens is 3. The molecular weight excluding hydrogens is 287 g/mol. The Bertz CT molecular complexity index is 623. The van der Waals surface area contributed by atoms with Crippen molar-refractivity contribution in [2.24, 2.45) is 0 Å². The van der Waals surface area contributed by atoms with E-state index in [-0.39, 0.29) is 12.6 Å². The molecule has 0 aliphatic heterocycles. The van der Waals surface area contributed by atoms with Gasteiger partial charge in [-0.3, -0.25) is 0 Å². The highest BCUT2D eigenvalue weighted by Crippen LogP contribution is 2.38. The van der Waals surface area contributed by atoms with Crippen molar-refractivity contribution in [2.75, 3.05) is 0 Å². The quantitative estimate of drug-likeness (QED) is 0.866. The molecule has 0 bridgehead atoms. The smallest absolute Gasteiger partial charge is 0.433 e. The summed E-state index contributed by atoms with van der Waals surface area (Å²) >= 11 is 0. The zero-order chi connectivity index (χ0) is 14.9. The molecule has 2 aromatic rings. The molecule has 0 unspecified atom stereocenters. The van der Waals surface area contributed by atoms with E-state index in [4.69, 9.17) is 9.15 Å². The molecule has 1 aliphatic carbocycles. The van der Waals surface area contributed by atoms with Crippen molar-refractivity contribution in [2.45, 2.75) is 38.0 Å². The Hall–Kier alpha value is -2.12. The van der Waals surface area contributed by atoms with Gasteiger partial charge in [-0.2, -0.15) is 18.2 Å². The topological polar surface area (TPSA) is 61.0 Å². The zero-order valence-corrected chi connectivity index (χ0v) is 10.9. The van der Waals surface area contributed by atoms with Crippen molar-refractivity contribution < 1.29 is 22.3 Å². The summed E-state index contributed by atoms with van der Waals surface area (Å²) in [5, 5.41) is 0. The van der Waals surface area contributed by atoms with Gasteiger partial charge >= 0.3 is 12.2 Å². The largest absolute Gasteiger partial charge is 0.457 e. The van der Waals surface area contributed by atoms with E-state index < -0.39 is 11.9 Å². The Morgan fingerprint density at radius 2 is 2.10 bits per heavy atom. The van der Waals surface area contributed by atoms with Crippen LogP contribution in [-0.4, -0.2) is 15.0 Å². The third kappa shape index (κ3) is 2.98.